The van der Waals surface area contributed by atoms with E-state index in [2.05, 4.69) is 10.6 Å². The highest BCUT2D eigenvalue weighted by Crippen LogP contribution is 2.40. The largest absolute Gasteiger partial charge is 0.497 e. The SMILES string of the molecule is COc1cccc(N2C(=O)Nc3ccccc3[C@]2(O)C(=O)NCc2ccccc2)c1. The van der Waals surface area contributed by atoms with Gasteiger partial charge in [-0.3, -0.25) is 9.69 Å². The predicted octanol–water partition coefficient (Wildman–Crippen LogP) is 3.21. The third-order valence-electron chi connectivity index (χ3n) is 4.99. The number of hydrogen-bond acceptors (Lipinski definition) is 4. The highest BCUT2D eigenvalue weighted by atomic mass is 16.5. The van der Waals surface area contributed by atoms with E-state index in [0.29, 0.717) is 17.1 Å². The number of amides is 3. The summed E-state index contributed by atoms with van der Waals surface area (Å²) in [5.74, 6) is -0.220. The lowest BCUT2D eigenvalue weighted by atomic mass is 9.94. The Morgan fingerprint density at radius 1 is 1.07 bits per heavy atom. The van der Waals surface area contributed by atoms with Crippen molar-refractivity contribution in [3.63, 3.8) is 0 Å². The maximum Gasteiger partial charge on any atom is 0.329 e. The van der Waals surface area contributed by atoms with Gasteiger partial charge in [-0.2, -0.15) is 0 Å². The Balaban J connectivity index is 1.77. The first kappa shape index (κ1) is 19.5. The standard InChI is InChI=1S/C23H21N3O4/c1-30-18-11-7-10-17(14-18)26-22(28)25-20-13-6-5-12-19(20)23(26,29)21(27)24-15-16-8-3-2-4-9-16/h2-14,29H,15H2,1H3,(H,24,27)(H,25,28)/t23-/m0/s1. The Hall–Kier alpha value is -3.84. The lowest BCUT2D eigenvalue weighted by Crippen LogP contribution is -2.62. The molecule has 1 atom stereocenters. The second-order valence-electron chi connectivity index (χ2n) is 6.85. The van der Waals surface area contributed by atoms with E-state index in [4.69, 9.17) is 4.74 Å². The van der Waals surface area contributed by atoms with E-state index in [1.165, 1.54) is 7.11 Å². The molecule has 3 N–H and O–H groups in total. The van der Waals surface area contributed by atoms with Gasteiger partial charge in [-0.25, -0.2) is 4.79 Å². The van der Waals surface area contributed by atoms with Gasteiger partial charge in [-0.15, -0.1) is 0 Å². The molecule has 0 saturated carbocycles. The number of anilines is 2. The van der Waals surface area contributed by atoms with E-state index in [-0.39, 0.29) is 12.1 Å². The number of urea groups is 1. The number of carbonyl (C=O) groups excluding carboxylic acids is 2. The number of rotatable bonds is 5. The number of nitrogens with zero attached hydrogens (tertiary/aromatic N) is 1. The van der Waals surface area contributed by atoms with Crippen molar-refractivity contribution in [3.05, 3.63) is 90.0 Å². The average molecular weight is 403 g/mol. The van der Waals surface area contributed by atoms with E-state index in [0.717, 1.165) is 10.5 Å². The van der Waals surface area contributed by atoms with Gasteiger partial charge in [0.05, 0.1) is 18.5 Å². The van der Waals surface area contributed by atoms with Gasteiger partial charge in [-0.1, -0.05) is 54.6 Å². The molecule has 0 radical (unpaired) electrons. The number of para-hydroxylation sites is 1. The maximum absolute atomic E-state index is 13.3. The fourth-order valence-electron chi connectivity index (χ4n) is 3.51. The van der Waals surface area contributed by atoms with Crippen molar-refractivity contribution in [2.24, 2.45) is 0 Å². The molecule has 30 heavy (non-hydrogen) atoms. The molecule has 4 rings (SSSR count). The van der Waals surface area contributed by atoms with E-state index in [1.54, 1.807) is 48.5 Å². The maximum atomic E-state index is 13.3. The Labute approximate surface area is 173 Å². The molecule has 3 aromatic carbocycles. The zero-order chi connectivity index (χ0) is 21.1. The summed E-state index contributed by atoms with van der Waals surface area (Å²) >= 11 is 0. The van der Waals surface area contributed by atoms with Gasteiger partial charge in [0, 0.05) is 18.2 Å². The minimum absolute atomic E-state index is 0.206. The molecule has 0 spiro atoms. The van der Waals surface area contributed by atoms with Gasteiger partial charge < -0.3 is 20.5 Å². The van der Waals surface area contributed by atoms with Gasteiger partial charge in [0.15, 0.2) is 0 Å². The Morgan fingerprint density at radius 3 is 2.57 bits per heavy atom. The van der Waals surface area contributed by atoms with Crippen molar-refractivity contribution in [1.29, 1.82) is 0 Å². The number of hydrogen-bond donors (Lipinski definition) is 3. The fraction of sp³-hybridized carbons (Fsp3) is 0.130. The number of fused-ring (bicyclic) bond motifs is 1. The first-order valence-corrected chi connectivity index (χ1v) is 9.43. The van der Waals surface area contributed by atoms with Crippen LogP contribution in [0.15, 0.2) is 78.9 Å². The number of benzene rings is 3. The molecule has 7 nitrogen and oxygen atoms in total. The van der Waals surface area contributed by atoms with Gasteiger partial charge in [-0.05, 0) is 23.8 Å². The molecule has 7 heteroatoms. The van der Waals surface area contributed by atoms with Crippen LogP contribution in [0.5, 0.6) is 5.75 Å². The molecule has 1 aliphatic rings. The summed E-state index contributed by atoms with van der Waals surface area (Å²) in [6.45, 7) is 0.206. The summed E-state index contributed by atoms with van der Waals surface area (Å²) in [5.41, 5.74) is -0.410. The summed E-state index contributed by atoms with van der Waals surface area (Å²) in [4.78, 5) is 27.4. The van der Waals surface area contributed by atoms with Crippen LogP contribution in [-0.4, -0.2) is 24.2 Å². The average Bonchev–Trinajstić information content (AvgIpc) is 2.78. The highest BCUT2D eigenvalue weighted by molar-refractivity contribution is 6.11. The van der Waals surface area contributed by atoms with E-state index in [1.807, 2.05) is 30.3 Å². The summed E-state index contributed by atoms with van der Waals surface area (Å²) in [6, 6.07) is 22.0. The first-order chi connectivity index (χ1) is 14.5. The molecule has 3 amide bonds. The van der Waals surface area contributed by atoms with Crippen LogP contribution in [-0.2, 0) is 17.1 Å². The molecule has 152 valence electrons. The topological polar surface area (TPSA) is 90.9 Å². The lowest BCUT2D eigenvalue weighted by Gasteiger charge is -2.42. The minimum atomic E-state index is -2.25. The zero-order valence-corrected chi connectivity index (χ0v) is 16.3. The molecule has 3 aromatic rings. The third-order valence-corrected chi connectivity index (χ3v) is 4.99. The van der Waals surface area contributed by atoms with E-state index < -0.39 is 17.7 Å². The predicted molar refractivity (Wildman–Crippen MR) is 113 cm³/mol. The van der Waals surface area contributed by atoms with Crippen LogP contribution in [0.3, 0.4) is 0 Å². The Kier molecular flexibility index (Phi) is 5.12. The molecule has 0 saturated heterocycles. The molecule has 0 fully saturated rings. The van der Waals surface area contributed by atoms with Gasteiger partial charge >= 0.3 is 6.03 Å². The monoisotopic (exact) mass is 403 g/mol. The second kappa shape index (κ2) is 7.88. The summed E-state index contributed by atoms with van der Waals surface area (Å²) < 4.78 is 5.24. The minimum Gasteiger partial charge on any atom is -0.497 e. The van der Waals surface area contributed by atoms with Crippen LogP contribution in [0.2, 0.25) is 0 Å². The van der Waals surface area contributed by atoms with Crippen molar-refractivity contribution < 1.29 is 19.4 Å². The first-order valence-electron chi connectivity index (χ1n) is 9.43. The molecule has 0 aliphatic carbocycles. The molecule has 1 aliphatic heterocycles. The van der Waals surface area contributed by atoms with Crippen molar-refractivity contribution in [2.45, 2.75) is 12.3 Å². The van der Waals surface area contributed by atoms with Crippen molar-refractivity contribution in [3.8, 4) is 5.75 Å². The number of ether oxygens (including phenoxy) is 1. The number of methoxy groups -OCH3 is 1. The van der Waals surface area contributed by atoms with Crippen molar-refractivity contribution in [1.82, 2.24) is 5.32 Å². The van der Waals surface area contributed by atoms with Crippen molar-refractivity contribution in [2.75, 3.05) is 17.3 Å². The Morgan fingerprint density at radius 2 is 1.80 bits per heavy atom. The smallest absolute Gasteiger partial charge is 0.329 e. The fourth-order valence-corrected chi connectivity index (χ4v) is 3.51. The number of nitrogens with one attached hydrogen (secondary N) is 2. The second-order valence-corrected chi connectivity index (χ2v) is 6.85. The molecule has 0 bridgehead atoms. The molecular weight excluding hydrogens is 382 g/mol. The van der Waals surface area contributed by atoms with Crippen LogP contribution in [0, 0.1) is 0 Å². The molecule has 0 unspecified atom stereocenters. The molecule has 1 heterocycles. The van der Waals surface area contributed by atoms with Gasteiger partial charge in [0.2, 0.25) is 0 Å². The molecular formula is C23H21N3O4. The lowest BCUT2D eigenvalue weighted by molar-refractivity contribution is -0.140. The third kappa shape index (κ3) is 3.35. The normalized spacial score (nSPS) is 17.7. The van der Waals surface area contributed by atoms with Crippen LogP contribution < -0.4 is 20.3 Å². The zero-order valence-electron chi connectivity index (χ0n) is 16.3. The number of aliphatic hydroxyl groups is 1. The van der Waals surface area contributed by atoms with E-state index >= 15 is 0 Å². The van der Waals surface area contributed by atoms with Crippen LogP contribution in [0.1, 0.15) is 11.1 Å². The quantitative estimate of drug-likeness (QED) is 0.610. The number of carbonyl (C=O) groups is 2. The molecule has 0 aromatic heterocycles. The summed E-state index contributed by atoms with van der Waals surface area (Å²) in [6.07, 6.45) is 0. The van der Waals surface area contributed by atoms with E-state index in [9.17, 15) is 14.7 Å². The highest BCUT2D eigenvalue weighted by Gasteiger charge is 2.51. The van der Waals surface area contributed by atoms with Crippen LogP contribution in [0.4, 0.5) is 16.2 Å². The van der Waals surface area contributed by atoms with Gasteiger partial charge in [0.1, 0.15) is 5.75 Å². The van der Waals surface area contributed by atoms with Crippen LogP contribution in [0.25, 0.3) is 0 Å². The Bertz CT molecular complexity index is 1090. The summed E-state index contributed by atoms with van der Waals surface area (Å²) in [7, 11) is 1.50. The summed E-state index contributed by atoms with van der Waals surface area (Å²) in [5, 5.41) is 17.2. The van der Waals surface area contributed by atoms with Crippen molar-refractivity contribution >= 4 is 23.3 Å². The van der Waals surface area contributed by atoms with Gasteiger partial charge in [0.25, 0.3) is 11.6 Å². The van der Waals surface area contributed by atoms with Crippen LogP contribution >= 0.6 is 0 Å².